The van der Waals surface area contributed by atoms with Crippen molar-refractivity contribution in [1.29, 1.82) is 0 Å². The minimum atomic E-state index is -0.767. The second kappa shape index (κ2) is 16.7. The third kappa shape index (κ3) is 8.68. The van der Waals surface area contributed by atoms with Crippen molar-refractivity contribution in [3.8, 4) is 5.75 Å². The van der Waals surface area contributed by atoms with Crippen LogP contribution in [0.4, 0.5) is 5.69 Å². The summed E-state index contributed by atoms with van der Waals surface area (Å²) in [5, 5.41) is 37.2. The molecule has 12 nitrogen and oxygen atoms in total. The normalized spacial score (nSPS) is 14.5. The van der Waals surface area contributed by atoms with Gasteiger partial charge in [-0.05, 0) is 63.3 Å². The number of aliphatic hydroxyl groups is 1. The Morgan fingerprint density at radius 2 is 1.87 bits per heavy atom. The molecule has 1 aromatic carbocycles. The Morgan fingerprint density at radius 1 is 1.09 bits per heavy atom. The van der Waals surface area contributed by atoms with E-state index in [0.29, 0.717) is 42.0 Å². The molecule has 1 atom stereocenters. The maximum Gasteiger partial charge on any atom is 0.248 e. The summed E-state index contributed by atoms with van der Waals surface area (Å²) < 4.78 is 7.49. The number of benzene rings is 1. The van der Waals surface area contributed by atoms with Crippen LogP contribution in [0.2, 0.25) is 0 Å². The van der Waals surface area contributed by atoms with Gasteiger partial charge in [0.1, 0.15) is 5.75 Å². The van der Waals surface area contributed by atoms with Crippen LogP contribution in [-0.4, -0.2) is 68.2 Å². The molecule has 1 aliphatic rings. The van der Waals surface area contributed by atoms with E-state index >= 15 is 0 Å². The lowest BCUT2D eigenvalue weighted by Gasteiger charge is -2.26. The summed E-state index contributed by atoms with van der Waals surface area (Å²) in [6, 6.07) is 6.49. The summed E-state index contributed by atoms with van der Waals surface area (Å²) in [4.78, 5) is 32.1. The minimum Gasteiger partial charge on any atom is -0.506 e. The number of aliphatic hydroxyl groups excluding tert-OH is 1. The summed E-state index contributed by atoms with van der Waals surface area (Å²) in [5.41, 5.74) is 4.63. The lowest BCUT2D eigenvalue weighted by atomic mass is 10.0. The number of hydrogen-bond donors (Lipinski definition) is 6. The topological polar surface area (TPSA) is 166 Å². The fourth-order valence-corrected chi connectivity index (χ4v) is 6.34. The summed E-state index contributed by atoms with van der Waals surface area (Å²) in [7, 11) is 0. The Labute approximate surface area is 275 Å². The van der Waals surface area contributed by atoms with Crippen LogP contribution < -0.4 is 21.5 Å². The average molecular weight is 648 g/mol. The van der Waals surface area contributed by atoms with Crippen LogP contribution in [-0.2, 0) is 29.0 Å². The monoisotopic (exact) mass is 647 g/mol. The SMILES string of the molecule is CCc1nc2c(cnn2CC)c(NC2CCOCC2)c1CNC(=O)CCCCCCCNC[C@H](O)c1ccc(O)c2[nH]c(=O)ccc12. The number of rotatable bonds is 17. The van der Waals surface area contributed by atoms with Gasteiger partial charge >= 0.3 is 0 Å². The van der Waals surface area contributed by atoms with Crippen LogP contribution >= 0.6 is 0 Å². The van der Waals surface area contributed by atoms with Gasteiger partial charge in [0, 0.05) is 68.0 Å². The first kappa shape index (κ1) is 34.3. The summed E-state index contributed by atoms with van der Waals surface area (Å²) >= 11 is 0. The van der Waals surface area contributed by atoms with Gasteiger partial charge in [-0.1, -0.05) is 32.3 Å². The van der Waals surface area contributed by atoms with E-state index in [2.05, 4.69) is 39.9 Å². The maximum atomic E-state index is 12.9. The molecular formula is C35H49N7O5. The summed E-state index contributed by atoms with van der Waals surface area (Å²) in [5.74, 6) is 0.0302. The van der Waals surface area contributed by atoms with Gasteiger partial charge < -0.3 is 35.9 Å². The number of aryl methyl sites for hydroxylation is 2. The molecule has 4 heterocycles. The van der Waals surface area contributed by atoms with Crippen LogP contribution in [0.1, 0.15) is 88.1 Å². The molecule has 5 rings (SSSR count). The van der Waals surface area contributed by atoms with Crippen molar-refractivity contribution in [3.05, 3.63) is 57.6 Å². The van der Waals surface area contributed by atoms with E-state index < -0.39 is 6.10 Å². The smallest absolute Gasteiger partial charge is 0.248 e. The first-order chi connectivity index (χ1) is 22.9. The zero-order chi connectivity index (χ0) is 33.2. The molecule has 0 saturated carbocycles. The standard InChI is InChI=1S/C35H49N7O5/c1-3-28-26(33(39-23-15-18-47-19-16-23)27-21-38-42(4-2)35(27)40-28)20-37-31(45)10-8-6-5-7-9-17-36-22-30(44)24-11-13-29(43)34-25(24)12-14-32(46)41-34/h11-14,21,23,30,36,43-44H,3-10,15-20,22H2,1-2H3,(H,37,45)(H,39,40)(H,41,46)/t30-/m0/s1. The zero-order valence-corrected chi connectivity index (χ0v) is 27.6. The van der Waals surface area contributed by atoms with Crippen LogP contribution in [0.25, 0.3) is 21.9 Å². The molecule has 3 aromatic heterocycles. The van der Waals surface area contributed by atoms with Gasteiger partial charge in [-0.3, -0.25) is 9.59 Å². The number of anilines is 1. The minimum absolute atomic E-state index is 0.0207. The van der Waals surface area contributed by atoms with E-state index in [1.54, 1.807) is 12.1 Å². The molecule has 0 spiro atoms. The van der Waals surface area contributed by atoms with Crippen molar-refractivity contribution in [3.63, 3.8) is 0 Å². The van der Waals surface area contributed by atoms with Crippen LogP contribution in [0.15, 0.2) is 35.3 Å². The number of pyridine rings is 2. The molecule has 0 aliphatic carbocycles. The van der Waals surface area contributed by atoms with Crippen molar-refractivity contribution >= 4 is 33.5 Å². The lowest BCUT2D eigenvalue weighted by molar-refractivity contribution is -0.121. The number of fused-ring (bicyclic) bond motifs is 2. The third-order valence-electron chi connectivity index (χ3n) is 9.00. The van der Waals surface area contributed by atoms with Crippen LogP contribution in [0, 0.1) is 0 Å². The molecule has 0 bridgehead atoms. The van der Waals surface area contributed by atoms with E-state index in [-0.39, 0.29) is 17.2 Å². The quantitative estimate of drug-likeness (QED) is 0.0909. The number of H-pyrrole nitrogens is 1. The molecule has 12 heteroatoms. The Bertz CT molecular complexity index is 1700. The number of aromatic amines is 1. The molecule has 0 radical (unpaired) electrons. The Kier molecular flexibility index (Phi) is 12.2. The highest BCUT2D eigenvalue weighted by Gasteiger charge is 2.22. The van der Waals surface area contributed by atoms with Gasteiger partial charge in [-0.15, -0.1) is 0 Å². The number of phenolic OH excluding ortho intramolecular Hbond substituents is 1. The largest absolute Gasteiger partial charge is 0.506 e. The van der Waals surface area contributed by atoms with Crippen LogP contribution in [0.3, 0.4) is 0 Å². The van der Waals surface area contributed by atoms with Crippen molar-refractivity contribution in [1.82, 2.24) is 30.4 Å². The van der Waals surface area contributed by atoms with E-state index in [1.807, 2.05) is 10.9 Å². The molecular weight excluding hydrogens is 598 g/mol. The number of carbonyl (C=O) groups excluding carboxylic acids is 1. The van der Waals surface area contributed by atoms with Crippen molar-refractivity contribution in [2.24, 2.45) is 0 Å². The number of unbranched alkanes of at least 4 members (excludes halogenated alkanes) is 4. The average Bonchev–Trinajstić information content (AvgIpc) is 3.50. The second-order valence-corrected chi connectivity index (χ2v) is 12.3. The van der Waals surface area contributed by atoms with Gasteiger partial charge in [-0.2, -0.15) is 5.10 Å². The molecule has 0 unspecified atom stereocenters. The number of aromatic nitrogens is 4. The van der Waals surface area contributed by atoms with E-state index in [1.165, 1.54) is 12.1 Å². The molecule has 1 aliphatic heterocycles. The number of ether oxygens (including phenoxy) is 1. The number of hydrogen-bond acceptors (Lipinski definition) is 9. The van der Waals surface area contributed by atoms with Gasteiger partial charge in [0.25, 0.3) is 0 Å². The molecule has 47 heavy (non-hydrogen) atoms. The predicted molar refractivity (Wildman–Crippen MR) is 184 cm³/mol. The number of amides is 1. The van der Waals surface area contributed by atoms with Crippen molar-refractivity contribution in [2.75, 3.05) is 31.6 Å². The lowest BCUT2D eigenvalue weighted by Crippen LogP contribution is -2.30. The van der Waals surface area contributed by atoms with Crippen molar-refractivity contribution < 1.29 is 19.7 Å². The van der Waals surface area contributed by atoms with E-state index in [4.69, 9.17) is 9.72 Å². The highest BCUT2D eigenvalue weighted by atomic mass is 16.5. The molecule has 6 N–H and O–H groups in total. The Morgan fingerprint density at radius 3 is 2.66 bits per heavy atom. The molecule has 254 valence electrons. The van der Waals surface area contributed by atoms with E-state index in [9.17, 15) is 19.8 Å². The number of phenols is 1. The van der Waals surface area contributed by atoms with Crippen LogP contribution in [0.5, 0.6) is 5.75 Å². The number of carbonyl (C=O) groups is 1. The fourth-order valence-electron chi connectivity index (χ4n) is 6.34. The predicted octanol–water partition coefficient (Wildman–Crippen LogP) is 4.43. The molecule has 1 saturated heterocycles. The van der Waals surface area contributed by atoms with Gasteiger partial charge in [0.2, 0.25) is 11.5 Å². The first-order valence-corrected chi connectivity index (χ1v) is 17.1. The highest BCUT2D eigenvalue weighted by Crippen LogP contribution is 2.31. The van der Waals surface area contributed by atoms with E-state index in [0.717, 1.165) is 106 Å². The highest BCUT2D eigenvalue weighted by molar-refractivity contribution is 5.92. The van der Waals surface area contributed by atoms with Gasteiger partial charge in [0.15, 0.2) is 5.65 Å². The zero-order valence-electron chi connectivity index (χ0n) is 27.6. The first-order valence-electron chi connectivity index (χ1n) is 17.1. The van der Waals surface area contributed by atoms with Crippen molar-refractivity contribution in [2.45, 2.75) is 96.9 Å². The van der Waals surface area contributed by atoms with Gasteiger partial charge in [-0.25, -0.2) is 9.67 Å². The molecule has 1 fully saturated rings. The summed E-state index contributed by atoms with van der Waals surface area (Å²) in [6.07, 6.45) is 9.11. The third-order valence-corrected chi connectivity index (χ3v) is 9.00. The Balaban J connectivity index is 1.03. The molecule has 4 aromatic rings. The summed E-state index contributed by atoms with van der Waals surface area (Å²) in [6.45, 7) is 7.98. The second-order valence-electron chi connectivity index (χ2n) is 12.3. The Hall–Kier alpha value is -4.00. The van der Waals surface area contributed by atoms with Gasteiger partial charge in [0.05, 0.1) is 28.9 Å². The number of nitrogens with zero attached hydrogens (tertiary/aromatic N) is 3. The number of nitrogens with one attached hydrogen (secondary N) is 4. The fraction of sp³-hybridized carbons (Fsp3) is 0.543. The maximum absolute atomic E-state index is 12.9. The number of aromatic hydroxyl groups is 1. The molecule has 1 amide bonds.